The summed E-state index contributed by atoms with van der Waals surface area (Å²) >= 11 is 0. The summed E-state index contributed by atoms with van der Waals surface area (Å²) in [5.74, 6) is 1.10. The average molecular weight is 1620 g/mol. The van der Waals surface area contributed by atoms with Gasteiger partial charge in [-0.2, -0.15) is 0 Å². The molecule has 0 rings (SSSR count). The van der Waals surface area contributed by atoms with Crippen LogP contribution in [0.4, 0.5) is 0 Å². The van der Waals surface area contributed by atoms with Gasteiger partial charge in [0.25, 0.3) is 0 Å². The highest BCUT2D eigenvalue weighted by Gasteiger charge is 2.31. The van der Waals surface area contributed by atoms with Gasteiger partial charge in [-0.25, -0.2) is 9.13 Å². The van der Waals surface area contributed by atoms with Gasteiger partial charge in [-0.3, -0.25) is 37.3 Å². The van der Waals surface area contributed by atoms with Crippen molar-refractivity contribution in [3.05, 3.63) is 0 Å². The second kappa shape index (κ2) is 80.5. The predicted molar refractivity (Wildman–Crippen MR) is 460 cm³/mol. The number of carbonyl (C=O) groups is 4. The van der Waals surface area contributed by atoms with Crippen molar-refractivity contribution in [1.82, 2.24) is 0 Å². The molecule has 0 aliphatic heterocycles. The number of unbranched alkanes of at least 4 members (excludes halogenated alkanes) is 54. The normalized spacial score (nSPS) is 14.1. The standard InChI is InChI=1S/C92H180O17P2/c1-9-85(8)71-63-55-47-39-33-27-21-15-11-13-17-23-29-35-41-49-58-66-74-91(96)108-87(78-102-89(94)72-64-56-48-40-34-28-22-16-12-10-14-19-25-31-37-44-52-60-68-82(2)3)80-106-110(98,99)104-76-86(93)77-105-111(100,101)107-81-88(79-103-90(95)73-65-57-51-43-46-54-62-70-84(6)7)109-92(97)75-67-59-50-42-36-30-24-18-20-26-32-38-45-53-61-69-83(4)5/h82-88,93H,9-81H2,1-8H3,(H,98,99)(H,100,101)/t85?,86?,87-,88-/m1/s1. The van der Waals surface area contributed by atoms with E-state index in [0.717, 1.165) is 114 Å². The minimum absolute atomic E-state index is 0.107. The van der Waals surface area contributed by atoms with Crippen LogP contribution in [0.1, 0.15) is 486 Å². The molecule has 0 saturated heterocycles. The summed E-state index contributed by atoms with van der Waals surface area (Å²) in [7, 11) is -9.94. The number of hydrogen-bond donors (Lipinski definition) is 3. The van der Waals surface area contributed by atoms with Gasteiger partial charge in [0.2, 0.25) is 0 Å². The molecule has 6 atom stereocenters. The second-order valence-electron chi connectivity index (χ2n) is 34.7. The van der Waals surface area contributed by atoms with Gasteiger partial charge in [0.05, 0.1) is 26.4 Å². The van der Waals surface area contributed by atoms with E-state index in [2.05, 4.69) is 55.4 Å². The maximum absolute atomic E-state index is 13.2. The van der Waals surface area contributed by atoms with Crippen LogP contribution < -0.4 is 0 Å². The second-order valence-corrected chi connectivity index (χ2v) is 37.6. The highest BCUT2D eigenvalue weighted by atomic mass is 31.2. The summed E-state index contributed by atoms with van der Waals surface area (Å²) in [4.78, 5) is 73.4. The van der Waals surface area contributed by atoms with Crippen molar-refractivity contribution in [1.29, 1.82) is 0 Å². The molecule has 0 amide bonds. The van der Waals surface area contributed by atoms with E-state index in [-0.39, 0.29) is 25.7 Å². The molecule has 0 aliphatic carbocycles. The van der Waals surface area contributed by atoms with Gasteiger partial charge in [0.1, 0.15) is 19.3 Å². The minimum Gasteiger partial charge on any atom is -0.462 e. The van der Waals surface area contributed by atoms with Crippen molar-refractivity contribution in [2.45, 2.75) is 504 Å². The van der Waals surface area contributed by atoms with Crippen LogP contribution in [0.3, 0.4) is 0 Å². The van der Waals surface area contributed by atoms with E-state index in [1.54, 1.807) is 0 Å². The van der Waals surface area contributed by atoms with Crippen molar-refractivity contribution in [2.24, 2.45) is 23.7 Å². The molecule has 0 saturated carbocycles. The topological polar surface area (TPSA) is 237 Å². The van der Waals surface area contributed by atoms with Crippen LogP contribution in [0.25, 0.3) is 0 Å². The Morgan fingerprint density at radius 3 is 0.640 bits per heavy atom. The van der Waals surface area contributed by atoms with Crippen LogP contribution in [-0.4, -0.2) is 96.7 Å². The van der Waals surface area contributed by atoms with E-state index in [9.17, 15) is 43.2 Å². The Bertz CT molecular complexity index is 2150. The lowest BCUT2D eigenvalue weighted by molar-refractivity contribution is -0.161. The molecule has 0 aromatic heterocycles. The Morgan fingerprint density at radius 1 is 0.252 bits per heavy atom. The third-order valence-corrected chi connectivity index (χ3v) is 23.8. The van der Waals surface area contributed by atoms with Crippen molar-refractivity contribution in [2.75, 3.05) is 39.6 Å². The molecule has 4 unspecified atom stereocenters. The maximum atomic E-state index is 13.2. The van der Waals surface area contributed by atoms with Gasteiger partial charge in [0.15, 0.2) is 12.2 Å². The molecular formula is C92H180O17P2. The Labute approximate surface area is 683 Å². The van der Waals surface area contributed by atoms with Crippen LogP contribution in [0.15, 0.2) is 0 Å². The number of hydrogen-bond acceptors (Lipinski definition) is 15. The first kappa shape index (κ1) is 109. The molecule has 0 fully saturated rings. The van der Waals surface area contributed by atoms with Gasteiger partial charge in [0, 0.05) is 25.7 Å². The molecule has 0 aliphatic rings. The molecule has 0 aromatic carbocycles. The smallest absolute Gasteiger partial charge is 0.462 e. The van der Waals surface area contributed by atoms with Crippen molar-refractivity contribution in [3.63, 3.8) is 0 Å². The number of phosphoric acid groups is 2. The fourth-order valence-corrected chi connectivity index (χ4v) is 15.9. The monoisotopic (exact) mass is 1620 g/mol. The number of carbonyl (C=O) groups excluding carboxylic acids is 4. The predicted octanol–water partition coefficient (Wildman–Crippen LogP) is 28.3. The number of aliphatic hydroxyl groups is 1. The first-order valence-electron chi connectivity index (χ1n) is 47.2. The van der Waals surface area contributed by atoms with Crippen LogP contribution in [0, 0.1) is 23.7 Å². The number of esters is 4. The molecule has 111 heavy (non-hydrogen) atoms. The van der Waals surface area contributed by atoms with E-state index < -0.39 is 97.5 Å². The quantitative estimate of drug-likeness (QED) is 0.0222. The summed E-state index contributed by atoms with van der Waals surface area (Å²) < 4.78 is 69.1. The van der Waals surface area contributed by atoms with Gasteiger partial charge in [-0.05, 0) is 49.4 Å². The number of ether oxygens (including phenoxy) is 4. The lowest BCUT2D eigenvalue weighted by Crippen LogP contribution is -2.30. The molecule has 0 bridgehead atoms. The molecule has 0 radical (unpaired) electrons. The fraction of sp³-hybridized carbons (Fsp3) is 0.957. The molecule has 0 heterocycles. The summed E-state index contributed by atoms with van der Waals surface area (Å²) in [6, 6.07) is 0. The molecular weight excluding hydrogens is 1440 g/mol. The number of aliphatic hydroxyl groups excluding tert-OH is 1. The lowest BCUT2D eigenvalue weighted by Gasteiger charge is -2.21. The molecule has 0 aromatic rings. The highest BCUT2D eigenvalue weighted by Crippen LogP contribution is 2.45. The van der Waals surface area contributed by atoms with Crippen LogP contribution in [0.2, 0.25) is 0 Å². The summed E-state index contributed by atoms with van der Waals surface area (Å²) in [5, 5.41) is 10.7. The Hall–Kier alpha value is -1.94. The van der Waals surface area contributed by atoms with E-state index >= 15 is 0 Å². The zero-order valence-electron chi connectivity index (χ0n) is 73.6. The summed E-state index contributed by atoms with van der Waals surface area (Å²) in [6.45, 7) is 14.4. The fourth-order valence-electron chi connectivity index (χ4n) is 14.3. The van der Waals surface area contributed by atoms with Crippen LogP contribution in [0.5, 0.6) is 0 Å². The van der Waals surface area contributed by atoms with Crippen molar-refractivity contribution in [3.8, 4) is 0 Å². The van der Waals surface area contributed by atoms with Crippen LogP contribution >= 0.6 is 15.6 Å². The Morgan fingerprint density at radius 2 is 0.432 bits per heavy atom. The number of phosphoric ester groups is 2. The van der Waals surface area contributed by atoms with Gasteiger partial charge < -0.3 is 33.8 Å². The molecule has 19 heteroatoms. The molecule has 660 valence electrons. The van der Waals surface area contributed by atoms with Crippen molar-refractivity contribution >= 4 is 39.5 Å². The summed E-state index contributed by atoms with van der Waals surface area (Å²) in [6.07, 6.45) is 72.4. The third-order valence-electron chi connectivity index (χ3n) is 21.9. The highest BCUT2D eigenvalue weighted by molar-refractivity contribution is 7.47. The molecule has 3 N–H and O–H groups in total. The SMILES string of the molecule is CCC(C)CCCCCCCCCCCCCCCCCCCCC(=O)O[C@H](COC(=O)CCCCCCCCCCCCCCCCCCCCC(C)C)COP(=O)(O)OCC(O)COP(=O)(O)OC[C@@H](COC(=O)CCCCCCCCCC(C)C)OC(=O)CCCCCCCCCCCCCCCCCC(C)C. The van der Waals surface area contributed by atoms with E-state index in [1.807, 2.05) is 0 Å². The van der Waals surface area contributed by atoms with Gasteiger partial charge in [-0.15, -0.1) is 0 Å². The van der Waals surface area contributed by atoms with E-state index in [1.165, 1.54) is 283 Å². The Balaban J connectivity index is 5.22. The Kier molecular flexibility index (Phi) is 79.1. The van der Waals surface area contributed by atoms with E-state index in [4.69, 9.17) is 37.0 Å². The van der Waals surface area contributed by atoms with Crippen molar-refractivity contribution < 1.29 is 80.2 Å². The minimum atomic E-state index is -4.97. The number of rotatable bonds is 89. The van der Waals surface area contributed by atoms with E-state index in [0.29, 0.717) is 31.6 Å². The first-order chi connectivity index (χ1) is 53.6. The molecule has 0 spiro atoms. The average Bonchev–Trinajstić information content (AvgIpc) is 0.900. The summed E-state index contributed by atoms with van der Waals surface area (Å²) in [5.41, 5.74) is 0. The maximum Gasteiger partial charge on any atom is 0.472 e. The van der Waals surface area contributed by atoms with Crippen LogP contribution in [-0.2, 0) is 65.4 Å². The van der Waals surface area contributed by atoms with Gasteiger partial charge >= 0.3 is 39.5 Å². The zero-order chi connectivity index (χ0) is 81.6. The molecule has 17 nitrogen and oxygen atoms in total. The van der Waals surface area contributed by atoms with Gasteiger partial charge in [-0.1, -0.05) is 434 Å². The third kappa shape index (κ3) is 84.3. The first-order valence-corrected chi connectivity index (χ1v) is 50.2. The lowest BCUT2D eigenvalue weighted by atomic mass is 9.99. The zero-order valence-corrected chi connectivity index (χ0v) is 75.4. The largest absolute Gasteiger partial charge is 0.472 e.